The molecule has 0 radical (unpaired) electrons. The van der Waals surface area contributed by atoms with Crippen LogP contribution in [0.2, 0.25) is 0 Å². The maximum absolute atomic E-state index is 15.0. The maximum atomic E-state index is 15.0. The largest absolute Gasteiger partial charge is 0.508 e. The molecule has 3 heterocycles. The van der Waals surface area contributed by atoms with E-state index in [1.54, 1.807) is 12.1 Å². The lowest BCUT2D eigenvalue weighted by Gasteiger charge is -2.29. The van der Waals surface area contributed by atoms with Crippen LogP contribution in [-0.4, -0.2) is 38.3 Å². The van der Waals surface area contributed by atoms with Gasteiger partial charge < -0.3 is 10.0 Å². The second-order valence-electron chi connectivity index (χ2n) is 9.68. The van der Waals surface area contributed by atoms with Crippen molar-refractivity contribution in [2.45, 2.75) is 19.3 Å². The summed E-state index contributed by atoms with van der Waals surface area (Å²) in [4.78, 5) is 17.6. The van der Waals surface area contributed by atoms with Crippen molar-refractivity contribution in [3.8, 4) is 45.5 Å². The molecule has 2 N–H and O–H groups in total. The van der Waals surface area contributed by atoms with Gasteiger partial charge in [0, 0.05) is 53.7 Å². The minimum absolute atomic E-state index is 0. The summed E-state index contributed by atoms with van der Waals surface area (Å²) in [5.41, 5.74) is 3.97. The van der Waals surface area contributed by atoms with Gasteiger partial charge in [0.1, 0.15) is 17.6 Å². The molecule has 41 heavy (non-hydrogen) atoms. The Labute approximate surface area is 240 Å². The fourth-order valence-corrected chi connectivity index (χ4v) is 5.29. The van der Waals surface area contributed by atoms with Gasteiger partial charge in [-0.1, -0.05) is 12.1 Å². The van der Waals surface area contributed by atoms with Gasteiger partial charge in [-0.3, -0.25) is 15.2 Å². The van der Waals surface area contributed by atoms with Gasteiger partial charge in [0.15, 0.2) is 5.65 Å². The van der Waals surface area contributed by atoms with Crippen molar-refractivity contribution in [1.29, 1.82) is 5.26 Å². The Hall–Kier alpha value is -5.01. The minimum atomic E-state index is -0.721. The Bertz CT molecular complexity index is 1790. The summed E-state index contributed by atoms with van der Waals surface area (Å²) in [5, 5.41) is 39.2. The molecule has 2 aromatic heterocycles. The highest BCUT2D eigenvalue weighted by atomic mass is 35.5. The molecule has 11 heteroatoms. The number of aromatic hydroxyl groups is 1. The number of pyridine rings is 1. The number of nitro benzene ring substituents is 1. The number of hydrogen-bond acceptors (Lipinski definition) is 7. The van der Waals surface area contributed by atoms with Crippen LogP contribution in [0.1, 0.15) is 24.8 Å². The van der Waals surface area contributed by atoms with Crippen molar-refractivity contribution in [2.24, 2.45) is 0 Å². The van der Waals surface area contributed by atoms with Crippen LogP contribution < -0.4 is 4.90 Å². The van der Waals surface area contributed by atoms with E-state index >= 15 is 4.39 Å². The molecule has 1 fully saturated rings. The molecule has 0 unspecified atom stereocenters. The van der Waals surface area contributed by atoms with Gasteiger partial charge in [-0.25, -0.2) is 9.37 Å². The Morgan fingerprint density at radius 1 is 1.00 bits per heavy atom. The van der Waals surface area contributed by atoms with Crippen LogP contribution >= 0.6 is 12.4 Å². The second kappa shape index (κ2) is 11.2. The predicted molar refractivity (Wildman–Crippen MR) is 157 cm³/mol. The van der Waals surface area contributed by atoms with Crippen LogP contribution in [0.3, 0.4) is 0 Å². The molecular formula is C30H24ClFN6O3. The summed E-state index contributed by atoms with van der Waals surface area (Å²) in [7, 11) is 0. The summed E-state index contributed by atoms with van der Waals surface area (Å²) in [6, 6.07) is 19.8. The van der Waals surface area contributed by atoms with E-state index in [9.17, 15) is 20.5 Å². The molecule has 1 saturated heterocycles. The van der Waals surface area contributed by atoms with E-state index in [0.717, 1.165) is 43.2 Å². The normalized spacial score (nSPS) is 13.0. The number of anilines is 1. The van der Waals surface area contributed by atoms with Gasteiger partial charge in [0.25, 0.3) is 5.69 Å². The van der Waals surface area contributed by atoms with Crippen molar-refractivity contribution in [3.05, 3.63) is 88.2 Å². The highest BCUT2D eigenvalue weighted by Gasteiger charge is 2.25. The molecule has 1 aliphatic rings. The Balaban J connectivity index is 0.00000337. The fourth-order valence-electron chi connectivity index (χ4n) is 5.29. The molecule has 9 nitrogen and oxygen atoms in total. The molecule has 5 aromatic rings. The highest BCUT2D eigenvalue weighted by molar-refractivity contribution is 6.06. The first-order valence-electron chi connectivity index (χ1n) is 12.9. The lowest BCUT2D eigenvalue weighted by atomic mass is 9.91. The van der Waals surface area contributed by atoms with E-state index in [4.69, 9.17) is 0 Å². The lowest BCUT2D eigenvalue weighted by molar-refractivity contribution is -0.384. The summed E-state index contributed by atoms with van der Waals surface area (Å²) >= 11 is 0. The number of rotatable bonds is 5. The molecule has 0 spiro atoms. The van der Waals surface area contributed by atoms with E-state index < -0.39 is 10.7 Å². The SMILES string of the molecule is Cl.N#Cc1c(-c2ccc(O)cc2F)nc2n[nH]c(-c3ccc([N+](=O)[O-])cc3)c2c1-c1ccc(N2CCCCC2)cc1. The fraction of sp³-hybridized carbons (Fsp3) is 0.167. The number of benzene rings is 3. The zero-order valence-electron chi connectivity index (χ0n) is 21.7. The number of non-ortho nitro benzene ring substituents is 1. The van der Waals surface area contributed by atoms with Crippen LogP contribution in [-0.2, 0) is 0 Å². The topological polar surface area (TPSA) is 132 Å². The van der Waals surface area contributed by atoms with Crippen LogP contribution in [0.15, 0.2) is 66.7 Å². The van der Waals surface area contributed by atoms with E-state index in [-0.39, 0.29) is 46.3 Å². The minimum Gasteiger partial charge on any atom is -0.508 e. The number of hydrogen-bond donors (Lipinski definition) is 2. The lowest BCUT2D eigenvalue weighted by Crippen LogP contribution is -2.29. The van der Waals surface area contributed by atoms with Crippen LogP contribution in [0, 0.1) is 27.3 Å². The third-order valence-corrected chi connectivity index (χ3v) is 7.27. The van der Waals surface area contributed by atoms with Crippen molar-refractivity contribution < 1.29 is 14.4 Å². The number of aromatic nitrogens is 3. The summed E-state index contributed by atoms with van der Waals surface area (Å²) in [6.07, 6.45) is 3.50. The van der Waals surface area contributed by atoms with E-state index in [1.807, 2.05) is 24.3 Å². The first-order chi connectivity index (χ1) is 19.4. The van der Waals surface area contributed by atoms with Gasteiger partial charge in [-0.2, -0.15) is 10.4 Å². The number of H-pyrrole nitrogens is 1. The first-order valence-corrected chi connectivity index (χ1v) is 12.9. The molecule has 0 atom stereocenters. The average Bonchev–Trinajstić information content (AvgIpc) is 3.40. The zero-order chi connectivity index (χ0) is 27.8. The third-order valence-electron chi connectivity index (χ3n) is 7.27. The highest BCUT2D eigenvalue weighted by Crippen LogP contribution is 2.41. The summed E-state index contributed by atoms with van der Waals surface area (Å²) in [6.45, 7) is 1.97. The number of phenolic OH excluding ortho intramolecular Hbond substituents is 1. The van der Waals surface area contributed by atoms with Gasteiger partial charge >= 0.3 is 0 Å². The first kappa shape index (κ1) is 27.6. The molecule has 0 aliphatic carbocycles. The van der Waals surface area contributed by atoms with E-state index in [2.05, 4.69) is 26.2 Å². The quantitative estimate of drug-likeness (QED) is 0.172. The number of fused-ring (bicyclic) bond motifs is 1. The number of nitriles is 1. The van der Waals surface area contributed by atoms with Crippen molar-refractivity contribution >= 4 is 34.8 Å². The zero-order valence-corrected chi connectivity index (χ0v) is 22.5. The van der Waals surface area contributed by atoms with Crippen molar-refractivity contribution in [2.75, 3.05) is 18.0 Å². The van der Waals surface area contributed by atoms with Crippen molar-refractivity contribution in [1.82, 2.24) is 15.2 Å². The number of nitrogens with one attached hydrogen (secondary N) is 1. The monoisotopic (exact) mass is 570 g/mol. The second-order valence-corrected chi connectivity index (χ2v) is 9.68. The standard InChI is InChI=1S/C30H23FN6O3.ClH/c31-25-16-22(38)12-13-23(25)29-24(17-32)26(18-4-8-20(9-5-18)36-14-2-1-3-15-36)27-28(34-35-30(27)33-29)19-6-10-21(11-7-19)37(39)40;/h4-13,16,38H,1-3,14-15H2,(H,33,34,35);1H. The van der Waals surface area contributed by atoms with Gasteiger partial charge in [0.05, 0.1) is 27.3 Å². The maximum Gasteiger partial charge on any atom is 0.269 e. The smallest absolute Gasteiger partial charge is 0.269 e. The van der Waals surface area contributed by atoms with Gasteiger partial charge in [0.2, 0.25) is 0 Å². The summed E-state index contributed by atoms with van der Waals surface area (Å²) < 4.78 is 15.0. The number of nitrogens with zero attached hydrogens (tertiary/aromatic N) is 5. The molecular weight excluding hydrogens is 547 g/mol. The van der Waals surface area contributed by atoms with Gasteiger partial charge in [-0.15, -0.1) is 12.4 Å². The molecule has 206 valence electrons. The number of halogens is 2. The Kier molecular flexibility index (Phi) is 7.55. The van der Waals surface area contributed by atoms with Gasteiger partial charge in [-0.05, 0) is 61.2 Å². The van der Waals surface area contributed by atoms with Crippen LogP contribution in [0.5, 0.6) is 5.75 Å². The third kappa shape index (κ3) is 5.03. The molecule has 6 rings (SSSR count). The van der Waals surface area contributed by atoms with E-state index in [1.165, 1.54) is 30.7 Å². The molecule has 0 bridgehead atoms. The summed E-state index contributed by atoms with van der Waals surface area (Å²) in [5.74, 6) is -0.963. The molecule has 0 amide bonds. The molecule has 0 saturated carbocycles. The Morgan fingerprint density at radius 2 is 1.68 bits per heavy atom. The number of piperidine rings is 1. The number of phenols is 1. The molecule has 3 aromatic carbocycles. The number of aromatic amines is 1. The van der Waals surface area contributed by atoms with Crippen molar-refractivity contribution in [3.63, 3.8) is 0 Å². The molecule has 1 aliphatic heterocycles. The predicted octanol–water partition coefficient (Wildman–Crippen LogP) is 7.00. The van der Waals surface area contributed by atoms with Crippen LogP contribution in [0.4, 0.5) is 15.8 Å². The average molecular weight is 571 g/mol. The van der Waals surface area contributed by atoms with Crippen LogP contribution in [0.25, 0.3) is 44.7 Å². The Morgan fingerprint density at radius 3 is 2.32 bits per heavy atom. The van der Waals surface area contributed by atoms with E-state index in [0.29, 0.717) is 22.2 Å². The number of nitro groups is 1.